The fourth-order valence-electron chi connectivity index (χ4n) is 3.61. The van der Waals surface area contributed by atoms with Crippen LogP contribution < -0.4 is 0 Å². The number of likely N-dealkylation sites (tertiary alicyclic amines) is 1. The molecule has 1 aromatic rings. The SMILES string of the molecule is CC1N([C@H](C)c2ccccc2)C(=O)CC1(CC(=O)O)C(=O)OC(C)(C)C. The summed E-state index contributed by atoms with van der Waals surface area (Å²) in [6.07, 6.45) is -0.598. The molecule has 26 heavy (non-hydrogen) atoms. The van der Waals surface area contributed by atoms with Crippen molar-refractivity contribution in [1.29, 1.82) is 0 Å². The lowest BCUT2D eigenvalue weighted by atomic mass is 9.77. The highest BCUT2D eigenvalue weighted by Gasteiger charge is 2.58. The van der Waals surface area contributed by atoms with Crippen molar-refractivity contribution >= 4 is 17.8 Å². The Morgan fingerprint density at radius 3 is 2.38 bits per heavy atom. The zero-order valence-electron chi connectivity index (χ0n) is 16.0. The standard InChI is InChI=1S/C20H27NO5/c1-13(15-9-7-6-8-10-15)21-14(2)20(11-16(21)22,12-17(23)24)18(25)26-19(3,4)5/h6-10,13-14H,11-12H2,1-5H3,(H,23,24)/t13-,14?,20?/m1/s1. The van der Waals surface area contributed by atoms with Crippen LogP contribution in [0.25, 0.3) is 0 Å². The molecular weight excluding hydrogens is 334 g/mol. The lowest BCUT2D eigenvalue weighted by molar-refractivity contribution is -0.173. The zero-order valence-corrected chi connectivity index (χ0v) is 16.0. The number of nitrogens with zero attached hydrogens (tertiary/aromatic N) is 1. The topological polar surface area (TPSA) is 83.9 Å². The van der Waals surface area contributed by atoms with Crippen molar-refractivity contribution in [2.45, 2.75) is 65.1 Å². The number of carboxylic acid groups (broad SMARTS) is 1. The normalized spacial score (nSPS) is 24.4. The first-order chi connectivity index (χ1) is 12.0. The molecule has 2 rings (SSSR count). The van der Waals surface area contributed by atoms with Gasteiger partial charge in [0.1, 0.15) is 11.0 Å². The predicted molar refractivity (Wildman–Crippen MR) is 96.3 cm³/mol. The highest BCUT2D eigenvalue weighted by molar-refractivity contribution is 5.93. The Balaban J connectivity index is 2.40. The van der Waals surface area contributed by atoms with Crippen LogP contribution in [0.4, 0.5) is 0 Å². The van der Waals surface area contributed by atoms with Gasteiger partial charge < -0.3 is 14.7 Å². The molecule has 6 nitrogen and oxygen atoms in total. The molecule has 1 aliphatic heterocycles. The van der Waals surface area contributed by atoms with Crippen LogP contribution in [-0.2, 0) is 19.1 Å². The van der Waals surface area contributed by atoms with Gasteiger partial charge in [-0.25, -0.2) is 0 Å². The average Bonchev–Trinajstić information content (AvgIpc) is 2.77. The summed E-state index contributed by atoms with van der Waals surface area (Å²) in [6, 6.07) is 8.63. The van der Waals surface area contributed by atoms with Crippen molar-refractivity contribution in [3.63, 3.8) is 0 Å². The summed E-state index contributed by atoms with van der Waals surface area (Å²) in [6.45, 7) is 8.80. The molecule has 3 atom stereocenters. The number of hydrogen-bond donors (Lipinski definition) is 1. The number of esters is 1. The lowest BCUT2D eigenvalue weighted by Crippen LogP contribution is -2.47. The Labute approximate surface area is 154 Å². The fraction of sp³-hybridized carbons (Fsp3) is 0.550. The molecule has 142 valence electrons. The zero-order chi connectivity index (χ0) is 19.7. The first kappa shape index (κ1) is 19.9. The van der Waals surface area contributed by atoms with Gasteiger partial charge in [-0.1, -0.05) is 30.3 Å². The van der Waals surface area contributed by atoms with Crippen LogP contribution in [-0.4, -0.2) is 39.5 Å². The number of aliphatic carboxylic acids is 1. The predicted octanol–water partition coefficient (Wildman–Crippen LogP) is 3.17. The summed E-state index contributed by atoms with van der Waals surface area (Å²) < 4.78 is 5.50. The molecule has 1 heterocycles. The van der Waals surface area contributed by atoms with Crippen molar-refractivity contribution in [2.24, 2.45) is 5.41 Å². The van der Waals surface area contributed by atoms with Gasteiger partial charge in [0.05, 0.1) is 12.5 Å². The van der Waals surface area contributed by atoms with Gasteiger partial charge in [-0.3, -0.25) is 14.4 Å². The summed E-state index contributed by atoms with van der Waals surface area (Å²) in [5.74, 6) is -1.98. The van der Waals surface area contributed by atoms with E-state index in [0.717, 1.165) is 5.56 Å². The third kappa shape index (κ3) is 3.89. The molecule has 0 bridgehead atoms. The van der Waals surface area contributed by atoms with E-state index >= 15 is 0 Å². The molecule has 0 aliphatic carbocycles. The van der Waals surface area contributed by atoms with Crippen LogP contribution in [0.1, 0.15) is 59.1 Å². The van der Waals surface area contributed by atoms with E-state index in [2.05, 4.69) is 0 Å². The maximum absolute atomic E-state index is 12.9. The number of ether oxygens (including phenoxy) is 1. The molecule has 0 aromatic heterocycles. The maximum Gasteiger partial charge on any atom is 0.315 e. The molecule has 1 N–H and O–H groups in total. The second kappa shape index (κ2) is 7.09. The van der Waals surface area contributed by atoms with Gasteiger partial charge in [0.15, 0.2) is 0 Å². The third-order valence-corrected chi connectivity index (χ3v) is 4.94. The van der Waals surface area contributed by atoms with Crippen LogP contribution in [0.5, 0.6) is 0 Å². The number of rotatable bonds is 5. The summed E-state index contributed by atoms with van der Waals surface area (Å²) in [5, 5.41) is 9.39. The van der Waals surface area contributed by atoms with Crippen LogP contribution in [0.15, 0.2) is 30.3 Å². The molecule has 0 radical (unpaired) electrons. The minimum atomic E-state index is -1.39. The van der Waals surface area contributed by atoms with Gasteiger partial charge in [-0.15, -0.1) is 0 Å². The van der Waals surface area contributed by atoms with Gasteiger partial charge in [-0.05, 0) is 40.2 Å². The quantitative estimate of drug-likeness (QED) is 0.815. The van der Waals surface area contributed by atoms with Gasteiger partial charge >= 0.3 is 11.9 Å². The van der Waals surface area contributed by atoms with Crippen molar-refractivity contribution < 1.29 is 24.2 Å². The van der Waals surface area contributed by atoms with Crippen molar-refractivity contribution in [1.82, 2.24) is 4.90 Å². The van der Waals surface area contributed by atoms with Gasteiger partial charge in [-0.2, -0.15) is 0 Å². The number of hydrogen-bond acceptors (Lipinski definition) is 4. The largest absolute Gasteiger partial charge is 0.481 e. The fourth-order valence-corrected chi connectivity index (χ4v) is 3.61. The first-order valence-corrected chi connectivity index (χ1v) is 8.79. The van der Waals surface area contributed by atoms with Crippen LogP contribution in [0.3, 0.4) is 0 Å². The van der Waals surface area contributed by atoms with Crippen molar-refractivity contribution in [2.75, 3.05) is 0 Å². The molecule has 0 saturated carbocycles. The number of carbonyl (C=O) groups is 3. The maximum atomic E-state index is 12.9. The van der Waals surface area contributed by atoms with E-state index in [4.69, 9.17) is 4.74 Å². The van der Waals surface area contributed by atoms with Gasteiger partial charge in [0.2, 0.25) is 5.91 Å². The molecular formula is C20H27NO5. The Bertz CT molecular complexity index is 694. The van der Waals surface area contributed by atoms with Gasteiger partial charge in [0.25, 0.3) is 0 Å². The van der Waals surface area contributed by atoms with E-state index in [1.807, 2.05) is 37.3 Å². The molecule has 1 aliphatic rings. The minimum Gasteiger partial charge on any atom is -0.481 e. The van der Waals surface area contributed by atoms with Crippen LogP contribution in [0.2, 0.25) is 0 Å². The summed E-state index contributed by atoms with van der Waals surface area (Å²) in [5.41, 5.74) is -1.22. The molecule has 1 amide bonds. The Kier molecular flexibility index (Phi) is 5.44. The monoisotopic (exact) mass is 361 g/mol. The number of amides is 1. The Hall–Kier alpha value is -2.37. The highest BCUT2D eigenvalue weighted by Crippen LogP contribution is 2.46. The van der Waals surface area contributed by atoms with E-state index in [-0.39, 0.29) is 18.4 Å². The summed E-state index contributed by atoms with van der Waals surface area (Å²) in [7, 11) is 0. The first-order valence-electron chi connectivity index (χ1n) is 8.79. The molecule has 2 unspecified atom stereocenters. The molecule has 1 fully saturated rings. The highest BCUT2D eigenvalue weighted by atomic mass is 16.6. The molecule has 1 saturated heterocycles. The second-order valence-corrected chi connectivity index (χ2v) is 7.97. The van der Waals surface area contributed by atoms with Crippen LogP contribution in [0, 0.1) is 5.41 Å². The van der Waals surface area contributed by atoms with Crippen molar-refractivity contribution in [3.05, 3.63) is 35.9 Å². The third-order valence-electron chi connectivity index (χ3n) is 4.94. The van der Waals surface area contributed by atoms with E-state index in [1.54, 1.807) is 32.6 Å². The van der Waals surface area contributed by atoms with Crippen LogP contribution >= 0.6 is 0 Å². The minimum absolute atomic E-state index is 0.160. The molecule has 6 heteroatoms. The number of benzene rings is 1. The van der Waals surface area contributed by atoms with E-state index < -0.39 is 35.4 Å². The molecule has 1 aromatic carbocycles. The van der Waals surface area contributed by atoms with Crippen molar-refractivity contribution in [3.8, 4) is 0 Å². The molecule has 0 spiro atoms. The smallest absolute Gasteiger partial charge is 0.315 e. The Morgan fingerprint density at radius 2 is 1.88 bits per heavy atom. The number of carbonyl (C=O) groups excluding carboxylic acids is 2. The Morgan fingerprint density at radius 1 is 1.31 bits per heavy atom. The van der Waals surface area contributed by atoms with E-state index in [1.165, 1.54) is 0 Å². The second-order valence-electron chi connectivity index (χ2n) is 7.97. The van der Waals surface area contributed by atoms with E-state index in [9.17, 15) is 19.5 Å². The van der Waals surface area contributed by atoms with Gasteiger partial charge in [0, 0.05) is 12.5 Å². The summed E-state index contributed by atoms with van der Waals surface area (Å²) >= 11 is 0. The average molecular weight is 361 g/mol. The summed E-state index contributed by atoms with van der Waals surface area (Å²) in [4.78, 5) is 38.8. The lowest BCUT2D eigenvalue weighted by Gasteiger charge is -2.37. The number of carboxylic acids is 1. The van der Waals surface area contributed by atoms with E-state index in [0.29, 0.717) is 0 Å².